The summed E-state index contributed by atoms with van der Waals surface area (Å²) in [5.41, 5.74) is 0. The fraction of sp³-hybridized carbons (Fsp3) is 0.778. The number of aromatic nitrogens is 2. The molecule has 1 N–H and O–H groups in total. The molecule has 0 amide bonds. The van der Waals surface area contributed by atoms with Gasteiger partial charge in [0.2, 0.25) is 6.39 Å². The molecule has 14 heavy (non-hydrogen) atoms. The Labute approximate surface area is 82.8 Å². The lowest BCUT2D eigenvalue weighted by molar-refractivity contribution is 0.0129. The molecule has 0 spiro atoms. The van der Waals surface area contributed by atoms with E-state index in [-0.39, 0.29) is 0 Å². The van der Waals surface area contributed by atoms with Crippen LogP contribution < -0.4 is 5.32 Å². The van der Waals surface area contributed by atoms with E-state index in [0.717, 1.165) is 19.4 Å². The van der Waals surface area contributed by atoms with Crippen molar-refractivity contribution in [3.8, 4) is 0 Å². The topological polar surface area (TPSA) is 60.2 Å². The number of ether oxygens (including phenoxy) is 1. The van der Waals surface area contributed by atoms with Gasteiger partial charge in [-0.3, -0.25) is 0 Å². The second kappa shape index (κ2) is 4.52. The molecule has 1 aliphatic rings. The van der Waals surface area contributed by atoms with E-state index in [0.29, 0.717) is 24.5 Å². The first-order valence-corrected chi connectivity index (χ1v) is 4.95. The van der Waals surface area contributed by atoms with Gasteiger partial charge in [0.25, 0.3) is 0 Å². The molecule has 2 heterocycles. The average molecular weight is 197 g/mol. The Bertz CT molecular complexity index is 263. The van der Waals surface area contributed by atoms with Gasteiger partial charge < -0.3 is 14.6 Å². The van der Waals surface area contributed by atoms with Crippen molar-refractivity contribution in [3.63, 3.8) is 0 Å². The summed E-state index contributed by atoms with van der Waals surface area (Å²) in [5.74, 6) is 0.712. The highest BCUT2D eigenvalue weighted by molar-refractivity contribution is 4.81. The third kappa shape index (κ3) is 2.52. The van der Waals surface area contributed by atoms with Gasteiger partial charge in [0.05, 0.1) is 12.6 Å². The van der Waals surface area contributed by atoms with Crippen molar-refractivity contribution in [3.05, 3.63) is 12.2 Å². The molecule has 1 aromatic heterocycles. The zero-order valence-electron chi connectivity index (χ0n) is 8.27. The first kappa shape index (κ1) is 9.61. The van der Waals surface area contributed by atoms with Crippen LogP contribution in [0.4, 0.5) is 0 Å². The Hall–Kier alpha value is -0.940. The minimum absolute atomic E-state index is 0.353. The molecule has 0 saturated carbocycles. The molecule has 1 aliphatic heterocycles. The maximum Gasteiger partial charge on any atom is 0.213 e. The molecule has 0 aromatic carbocycles. The maximum atomic E-state index is 5.46. The van der Waals surface area contributed by atoms with Crippen LogP contribution in [-0.4, -0.2) is 28.9 Å². The quantitative estimate of drug-likeness (QED) is 0.774. The van der Waals surface area contributed by atoms with Crippen molar-refractivity contribution < 1.29 is 9.26 Å². The van der Waals surface area contributed by atoms with Gasteiger partial charge in [-0.05, 0) is 19.8 Å². The zero-order valence-corrected chi connectivity index (χ0v) is 8.27. The maximum absolute atomic E-state index is 5.46. The van der Waals surface area contributed by atoms with Crippen molar-refractivity contribution >= 4 is 0 Å². The summed E-state index contributed by atoms with van der Waals surface area (Å²) < 4.78 is 10.1. The summed E-state index contributed by atoms with van der Waals surface area (Å²) in [4.78, 5) is 3.95. The van der Waals surface area contributed by atoms with Gasteiger partial charge in [-0.2, -0.15) is 4.98 Å². The van der Waals surface area contributed by atoms with E-state index in [9.17, 15) is 0 Å². The van der Waals surface area contributed by atoms with E-state index in [1.54, 1.807) is 0 Å². The van der Waals surface area contributed by atoms with Crippen LogP contribution in [-0.2, 0) is 11.3 Å². The Morgan fingerprint density at radius 3 is 3.29 bits per heavy atom. The second-order valence-electron chi connectivity index (χ2n) is 3.63. The van der Waals surface area contributed by atoms with Crippen molar-refractivity contribution in [1.29, 1.82) is 0 Å². The molecule has 5 heteroatoms. The summed E-state index contributed by atoms with van der Waals surface area (Å²) in [6.07, 6.45) is 3.82. The van der Waals surface area contributed by atoms with Crippen LogP contribution in [0.25, 0.3) is 0 Å². The molecular weight excluding hydrogens is 182 g/mol. The minimum Gasteiger partial charge on any atom is -0.378 e. The Balaban J connectivity index is 1.75. The highest BCUT2D eigenvalue weighted by atomic mass is 16.5. The molecule has 0 radical (unpaired) electrons. The van der Waals surface area contributed by atoms with Crippen LogP contribution in [0.15, 0.2) is 10.9 Å². The van der Waals surface area contributed by atoms with Crippen LogP contribution in [0.3, 0.4) is 0 Å². The van der Waals surface area contributed by atoms with E-state index in [1.165, 1.54) is 6.39 Å². The standard InChI is InChI=1S/C9H15N3O2/c1-7-4-8(2-3-13-7)10-5-9-11-6-14-12-9/h6-8,10H,2-5H2,1H3. The molecule has 2 rings (SSSR count). The van der Waals surface area contributed by atoms with Crippen LogP contribution in [0.1, 0.15) is 25.6 Å². The first-order chi connectivity index (χ1) is 6.84. The summed E-state index contributed by atoms with van der Waals surface area (Å²) in [7, 11) is 0. The molecule has 0 bridgehead atoms. The van der Waals surface area contributed by atoms with E-state index in [4.69, 9.17) is 4.74 Å². The van der Waals surface area contributed by atoms with Crippen LogP contribution >= 0.6 is 0 Å². The van der Waals surface area contributed by atoms with Gasteiger partial charge in [0.15, 0.2) is 5.82 Å². The van der Waals surface area contributed by atoms with Gasteiger partial charge in [-0.15, -0.1) is 0 Å². The summed E-state index contributed by atoms with van der Waals surface area (Å²) in [5, 5.41) is 7.13. The third-order valence-corrected chi connectivity index (χ3v) is 2.44. The molecule has 1 aromatic rings. The summed E-state index contributed by atoms with van der Waals surface area (Å²) >= 11 is 0. The smallest absolute Gasteiger partial charge is 0.213 e. The first-order valence-electron chi connectivity index (χ1n) is 4.95. The highest BCUT2D eigenvalue weighted by Gasteiger charge is 2.18. The summed E-state index contributed by atoms with van der Waals surface area (Å²) in [6.45, 7) is 3.61. The van der Waals surface area contributed by atoms with Crippen molar-refractivity contribution in [2.24, 2.45) is 0 Å². The van der Waals surface area contributed by atoms with E-state index in [2.05, 4.69) is 26.9 Å². The fourth-order valence-electron chi connectivity index (χ4n) is 1.69. The lowest BCUT2D eigenvalue weighted by Crippen LogP contribution is -2.37. The Kier molecular flexibility index (Phi) is 3.10. The molecule has 78 valence electrons. The predicted octanol–water partition coefficient (Wildman–Crippen LogP) is 0.727. The van der Waals surface area contributed by atoms with Gasteiger partial charge in [-0.25, -0.2) is 0 Å². The molecule has 5 nitrogen and oxygen atoms in total. The molecule has 2 atom stereocenters. The van der Waals surface area contributed by atoms with E-state index in [1.807, 2.05) is 0 Å². The SMILES string of the molecule is CC1CC(NCc2ncon2)CCO1. The largest absolute Gasteiger partial charge is 0.378 e. The number of hydrogen-bond donors (Lipinski definition) is 1. The van der Waals surface area contributed by atoms with E-state index < -0.39 is 0 Å². The number of nitrogens with zero attached hydrogens (tertiary/aromatic N) is 2. The normalized spacial score (nSPS) is 27.8. The number of rotatable bonds is 3. The Morgan fingerprint density at radius 1 is 1.64 bits per heavy atom. The fourth-order valence-corrected chi connectivity index (χ4v) is 1.69. The predicted molar refractivity (Wildman–Crippen MR) is 49.6 cm³/mol. The third-order valence-electron chi connectivity index (χ3n) is 2.44. The van der Waals surface area contributed by atoms with Crippen molar-refractivity contribution in [2.75, 3.05) is 6.61 Å². The molecule has 1 fully saturated rings. The van der Waals surface area contributed by atoms with Crippen LogP contribution in [0.5, 0.6) is 0 Å². The van der Waals surface area contributed by atoms with Gasteiger partial charge in [0.1, 0.15) is 0 Å². The van der Waals surface area contributed by atoms with Crippen molar-refractivity contribution in [2.45, 2.75) is 38.5 Å². The number of hydrogen-bond acceptors (Lipinski definition) is 5. The van der Waals surface area contributed by atoms with Gasteiger partial charge >= 0.3 is 0 Å². The van der Waals surface area contributed by atoms with E-state index >= 15 is 0 Å². The monoisotopic (exact) mass is 197 g/mol. The van der Waals surface area contributed by atoms with Crippen LogP contribution in [0, 0.1) is 0 Å². The second-order valence-corrected chi connectivity index (χ2v) is 3.63. The molecule has 2 unspecified atom stereocenters. The molecule has 1 saturated heterocycles. The zero-order chi connectivity index (χ0) is 9.80. The van der Waals surface area contributed by atoms with Crippen LogP contribution in [0.2, 0.25) is 0 Å². The number of nitrogens with one attached hydrogen (secondary N) is 1. The van der Waals surface area contributed by atoms with Gasteiger partial charge in [-0.1, -0.05) is 5.16 Å². The highest BCUT2D eigenvalue weighted by Crippen LogP contribution is 2.13. The average Bonchev–Trinajstić information content (AvgIpc) is 2.67. The molecular formula is C9H15N3O2. The molecule has 0 aliphatic carbocycles. The summed E-state index contributed by atoms with van der Waals surface area (Å²) in [6, 6.07) is 0.511. The van der Waals surface area contributed by atoms with Crippen molar-refractivity contribution in [1.82, 2.24) is 15.5 Å². The Morgan fingerprint density at radius 2 is 2.57 bits per heavy atom. The lowest BCUT2D eigenvalue weighted by atomic mass is 10.0. The lowest BCUT2D eigenvalue weighted by Gasteiger charge is -2.27. The van der Waals surface area contributed by atoms with Gasteiger partial charge in [0, 0.05) is 12.6 Å². The minimum atomic E-state index is 0.353.